The van der Waals surface area contributed by atoms with E-state index in [1.165, 1.54) is 35.5 Å². The first-order valence-corrected chi connectivity index (χ1v) is 9.81. The summed E-state index contributed by atoms with van der Waals surface area (Å²) in [6, 6.07) is 9.97. The van der Waals surface area contributed by atoms with Gasteiger partial charge in [0, 0.05) is 24.1 Å². The van der Waals surface area contributed by atoms with Gasteiger partial charge in [0.05, 0.1) is 36.4 Å². The molecule has 1 aromatic carbocycles. The minimum Gasteiger partial charge on any atom is -0.497 e. The summed E-state index contributed by atoms with van der Waals surface area (Å²) < 4.78 is 11.8. The van der Waals surface area contributed by atoms with E-state index in [2.05, 4.69) is 10.3 Å². The summed E-state index contributed by atoms with van der Waals surface area (Å²) in [5, 5.41) is 3.27. The molecule has 7 nitrogen and oxygen atoms in total. The zero-order valence-corrected chi connectivity index (χ0v) is 16.8. The highest BCUT2D eigenvalue weighted by molar-refractivity contribution is 7.99. The van der Waals surface area contributed by atoms with E-state index in [-0.39, 0.29) is 17.2 Å². The average molecular weight is 420 g/mol. The van der Waals surface area contributed by atoms with Gasteiger partial charge in [0.25, 0.3) is 5.56 Å². The lowest BCUT2D eigenvalue weighted by atomic mass is 10.2. The van der Waals surface area contributed by atoms with E-state index >= 15 is 0 Å². The molecule has 0 aliphatic rings. The van der Waals surface area contributed by atoms with E-state index in [0.717, 1.165) is 0 Å². The van der Waals surface area contributed by atoms with E-state index < -0.39 is 0 Å². The number of anilines is 1. The van der Waals surface area contributed by atoms with Crippen molar-refractivity contribution in [2.45, 2.75) is 5.75 Å². The van der Waals surface area contributed by atoms with Gasteiger partial charge in [0.1, 0.15) is 17.1 Å². The molecule has 2 aromatic heterocycles. The fourth-order valence-electron chi connectivity index (χ4n) is 2.55. The topological polar surface area (TPSA) is 81.9 Å². The molecule has 146 valence electrons. The van der Waals surface area contributed by atoms with E-state index in [1.54, 1.807) is 37.4 Å². The molecule has 0 spiro atoms. The van der Waals surface area contributed by atoms with Gasteiger partial charge in [-0.05, 0) is 24.3 Å². The molecular formula is C19H18ClN3O4S. The molecule has 9 heteroatoms. The van der Waals surface area contributed by atoms with Crippen molar-refractivity contribution < 1.29 is 14.3 Å². The molecule has 28 heavy (non-hydrogen) atoms. The van der Waals surface area contributed by atoms with Crippen LogP contribution in [0.4, 0.5) is 5.69 Å². The van der Waals surface area contributed by atoms with Crippen molar-refractivity contribution in [1.29, 1.82) is 0 Å². The lowest BCUT2D eigenvalue weighted by Crippen LogP contribution is -2.16. The molecular weight excluding hydrogens is 402 g/mol. The third-order valence-electron chi connectivity index (χ3n) is 3.84. The van der Waals surface area contributed by atoms with Crippen molar-refractivity contribution in [2.24, 2.45) is 0 Å². The fraction of sp³-hybridized carbons (Fsp3) is 0.211. The van der Waals surface area contributed by atoms with Crippen LogP contribution in [0.2, 0.25) is 5.02 Å². The highest BCUT2D eigenvalue weighted by Crippen LogP contribution is 2.29. The maximum absolute atomic E-state index is 12.3. The van der Waals surface area contributed by atoms with Gasteiger partial charge in [0.2, 0.25) is 5.91 Å². The van der Waals surface area contributed by atoms with Crippen LogP contribution in [0.25, 0.3) is 5.65 Å². The molecule has 3 rings (SSSR count). The number of thioether (sulfide) groups is 1. The first-order chi connectivity index (χ1) is 13.5. The van der Waals surface area contributed by atoms with Gasteiger partial charge < -0.3 is 14.8 Å². The third-order valence-corrected chi connectivity index (χ3v) is 5.03. The number of pyridine rings is 1. The Morgan fingerprint density at radius 2 is 2.04 bits per heavy atom. The molecule has 0 atom stereocenters. The summed E-state index contributed by atoms with van der Waals surface area (Å²) in [4.78, 5) is 28.9. The smallest absolute Gasteiger partial charge is 0.258 e. The van der Waals surface area contributed by atoms with Crippen molar-refractivity contribution >= 4 is 40.6 Å². The minimum absolute atomic E-state index is 0.194. The lowest BCUT2D eigenvalue weighted by molar-refractivity contribution is -0.113. The summed E-state index contributed by atoms with van der Waals surface area (Å²) in [6.07, 6.45) is 1.53. The van der Waals surface area contributed by atoms with Gasteiger partial charge in [0.15, 0.2) is 0 Å². The van der Waals surface area contributed by atoms with Crippen LogP contribution in [0.15, 0.2) is 47.4 Å². The van der Waals surface area contributed by atoms with Crippen molar-refractivity contribution in [3.63, 3.8) is 0 Å². The summed E-state index contributed by atoms with van der Waals surface area (Å²) in [5.74, 6) is 1.59. The molecule has 0 aliphatic heterocycles. The second-order valence-corrected chi connectivity index (χ2v) is 7.19. The SMILES string of the molecule is COc1ccc(OC)c(NC(=O)CSCc2cc(=O)n3cc(Cl)ccc3n2)c1. The molecule has 0 bridgehead atoms. The maximum atomic E-state index is 12.3. The monoisotopic (exact) mass is 419 g/mol. The number of carbonyl (C=O) groups is 1. The Hall–Kier alpha value is -2.71. The number of benzene rings is 1. The van der Waals surface area contributed by atoms with Crippen LogP contribution < -0.4 is 20.3 Å². The summed E-state index contributed by atoms with van der Waals surface area (Å²) >= 11 is 7.26. The van der Waals surface area contributed by atoms with Crippen LogP contribution in [0.5, 0.6) is 11.5 Å². The number of nitrogens with one attached hydrogen (secondary N) is 1. The summed E-state index contributed by atoms with van der Waals surface area (Å²) in [6.45, 7) is 0. The molecule has 0 radical (unpaired) electrons. The summed E-state index contributed by atoms with van der Waals surface area (Å²) in [5.41, 5.74) is 1.43. The Balaban J connectivity index is 1.62. The highest BCUT2D eigenvalue weighted by Gasteiger charge is 2.10. The largest absolute Gasteiger partial charge is 0.497 e. The third kappa shape index (κ3) is 4.76. The molecule has 2 heterocycles. The van der Waals surface area contributed by atoms with Gasteiger partial charge >= 0.3 is 0 Å². The molecule has 3 aromatic rings. The average Bonchev–Trinajstić information content (AvgIpc) is 2.68. The summed E-state index contributed by atoms with van der Waals surface area (Å²) in [7, 11) is 3.08. The Kier molecular flexibility index (Phi) is 6.43. The molecule has 1 amide bonds. The van der Waals surface area contributed by atoms with Crippen LogP contribution in [-0.2, 0) is 10.5 Å². The van der Waals surface area contributed by atoms with Gasteiger partial charge in [-0.25, -0.2) is 4.98 Å². The Bertz CT molecular complexity index is 1070. The number of amides is 1. The lowest BCUT2D eigenvalue weighted by Gasteiger charge is -2.11. The number of aromatic nitrogens is 2. The molecule has 0 saturated heterocycles. The van der Waals surface area contributed by atoms with Gasteiger partial charge in [-0.1, -0.05) is 11.6 Å². The molecule has 0 saturated carbocycles. The van der Waals surface area contributed by atoms with Crippen LogP contribution >= 0.6 is 23.4 Å². The van der Waals surface area contributed by atoms with E-state index in [1.807, 2.05) is 0 Å². The minimum atomic E-state index is -0.214. The van der Waals surface area contributed by atoms with Crippen LogP contribution in [0.3, 0.4) is 0 Å². The van der Waals surface area contributed by atoms with E-state index in [0.29, 0.717) is 39.3 Å². The predicted molar refractivity (Wildman–Crippen MR) is 111 cm³/mol. The number of hydrogen-bond acceptors (Lipinski definition) is 6. The fourth-order valence-corrected chi connectivity index (χ4v) is 3.42. The molecule has 0 aliphatic carbocycles. The first kappa shape index (κ1) is 20.0. The van der Waals surface area contributed by atoms with E-state index in [9.17, 15) is 9.59 Å². The van der Waals surface area contributed by atoms with Crippen molar-refractivity contribution in [3.05, 3.63) is 63.7 Å². The van der Waals surface area contributed by atoms with E-state index in [4.69, 9.17) is 21.1 Å². The van der Waals surface area contributed by atoms with Crippen molar-refractivity contribution in [1.82, 2.24) is 9.38 Å². The second-order valence-electron chi connectivity index (χ2n) is 5.77. The number of ether oxygens (including phenoxy) is 2. The number of hydrogen-bond donors (Lipinski definition) is 1. The Morgan fingerprint density at radius 3 is 2.79 bits per heavy atom. The number of fused-ring (bicyclic) bond motifs is 1. The van der Waals surface area contributed by atoms with Gasteiger partial charge in [-0.2, -0.15) is 0 Å². The number of halogens is 1. The molecule has 0 fully saturated rings. The molecule has 1 N–H and O–H groups in total. The Morgan fingerprint density at radius 1 is 1.21 bits per heavy atom. The molecule has 0 unspecified atom stereocenters. The van der Waals surface area contributed by atoms with Gasteiger partial charge in [-0.15, -0.1) is 11.8 Å². The van der Waals surface area contributed by atoms with Crippen LogP contribution in [0.1, 0.15) is 5.69 Å². The van der Waals surface area contributed by atoms with Crippen molar-refractivity contribution in [3.8, 4) is 11.5 Å². The number of methoxy groups -OCH3 is 2. The number of carbonyl (C=O) groups excluding carboxylic acids is 1. The zero-order valence-electron chi connectivity index (χ0n) is 15.3. The maximum Gasteiger partial charge on any atom is 0.258 e. The van der Waals surface area contributed by atoms with Crippen molar-refractivity contribution in [2.75, 3.05) is 25.3 Å². The predicted octanol–water partition coefficient (Wildman–Crippen LogP) is 3.24. The quantitative estimate of drug-likeness (QED) is 0.633. The number of nitrogens with zero attached hydrogens (tertiary/aromatic N) is 2. The van der Waals surface area contributed by atoms with Crippen LogP contribution in [0, 0.1) is 0 Å². The number of rotatable bonds is 7. The van der Waals surface area contributed by atoms with Crippen LogP contribution in [-0.4, -0.2) is 35.3 Å². The highest BCUT2D eigenvalue weighted by atomic mass is 35.5. The van der Waals surface area contributed by atoms with Gasteiger partial charge in [-0.3, -0.25) is 14.0 Å². The normalized spacial score (nSPS) is 10.7. The standard InChI is InChI=1S/C19H18ClN3O4S/c1-26-14-4-5-16(27-2)15(8-14)22-18(24)11-28-10-13-7-19(25)23-9-12(20)3-6-17(23)21-13/h3-9H,10-11H2,1-2H3,(H,22,24). The second kappa shape index (κ2) is 8.99. The first-order valence-electron chi connectivity index (χ1n) is 8.27. The Labute approximate surface area is 170 Å². The zero-order chi connectivity index (χ0) is 20.1.